The Morgan fingerprint density at radius 3 is 0.588 bits per heavy atom. The third-order valence-corrected chi connectivity index (χ3v) is 0. The van der Waals surface area contributed by atoms with Gasteiger partial charge in [-0.25, -0.2) is 0 Å². The van der Waals surface area contributed by atoms with Crippen molar-refractivity contribution in [3.8, 4) is 0 Å². The largest absolute Gasteiger partial charge is 3.00 e. The Morgan fingerprint density at radius 2 is 0.588 bits per heavy atom. The molecule has 0 N–H and O–H groups in total. The van der Waals surface area contributed by atoms with Crippen LogP contribution in [-0.4, -0.2) is 23.7 Å². The van der Waals surface area contributed by atoms with E-state index in [0.717, 1.165) is 20.8 Å². The second-order valence-corrected chi connectivity index (χ2v) is 2.38. The SMILES string of the molecule is CC(=O)[O-].CC(=O)[O-].CC(=O)[O-].CC(C)=O.[Cr+3]. The minimum atomic E-state index is -1.08. The Balaban J connectivity index is -0.0000000369. The minimum Gasteiger partial charge on any atom is -0.550 e. The normalized spacial score (nSPS) is 5.94. The molecule has 0 saturated carbocycles. The number of carboxylic acids is 3. The molecule has 0 unspecified atom stereocenters. The van der Waals surface area contributed by atoms with Gasteiger partial charge in [0.2, 0.25) is 0 Å². The molecule has 0 fully saturated rings. The second kappa shape index (κ2) is 24.0. The molecule has 0 aromatic heterocycles. The van der Waals surface area contributed by atoms with Crippen LogP contribution in [0.3, 0.4) is 0 Å². The van der Waals surface area contributed by atoms with Crippen LogP contribution in [0, 0.1) is 0 Å². The number of carbonyl (C=O) groups is 4. The first-order valence-electron chi connectivity index (χ1n) is 3.93. The second-order valence-electron chi connectivity index (χ2n) is 2.38. The zero-order valence-electron chi connectivity index (χ0n) is 10.3. The van der Waals surface area contributed by atoms with Crippen molar-refractivity contribution in [3.05, 3.63) is 0 Å². The Bertz CT molecular complexity index is 161. The molecule has 0 aromatic carbocycles. The number of hydrogen-bond acceptors (Lipinski definition) is 7. The van der Waals surface area contributed by atoms with Crippen molar-refractivity contribution in [2.24, 2.45) is 0 Å². The van der Waals surface area contributed by atoms with Gasteiger partial charge < -0.3 is 34.5 Å². The van der Waals surface area contributed by atoms with Gasteiger partial charge in [0.15, 0.2) is 0 Å². The fraction of sp³-hybridized carbons (Fsp3) is 0.556. The standard InChI is InChI=1S/C3H6O.3C2H4O2.Cr/c1-3(2)4;3*1-2(3)4;/h1-2H3;3*1H3,(H,3,4);/q;;;;+3/p-3. The molecule has 0 spiro atoms. The van der Waals surface area contributed by atoms with E-state index in [2.05, 4.69) is 0 Å². The molecule has 0 aliphatic rings. The van der Waals surface area contributed by atoms with Crippen LogP contribution in [0.15, 0.2) is 0 Å². The molecule has 0 aromatic rings. The molecule has 99 valence electrons. The van der Waals surface area contributed by atoms with E-state index in [-0.39, 0.29) is 23.1 Å². The maximum Gasteiger partial charge on any atom is 3.00 e. The summed E-state index contributed by atoms with van der Waals surface area (Å²) in [6.45, 7) is 5.97. The fourth-order valence-electron chi connectivity index (χ4n) is 0. The van der Waals surface area contributed by atoms with E-state index in [4.69, 9.17) is 29.7 Å². The van der Waals surface area contributed by atoms with Crippen LogP contribution in [-0.2, 0) is 36.5 Å². The van der Waals surface area contributed by atoms with Crippen molar-refractivity contribution in [1.29, 1.82) is 0 Å². The summed E-state index contributed by atoms with van der Waals surface area (Å²) in [4.78, 5) is 36.1. The molecule has 0 rings (SSSR count). The quantitative estimate of drug-likeness (QED) is 0.459. The first-order valence-corrected chi connectivity index (χ1v) is 3.93. The van der Waals surface area contributed by atoms with Crippen LogP contribution in [0.5, 0.6) is 0 Å². The number of ketones is 1. The average molecular weight is 287 g/mol. The van der Waals surface area contributed by atoms with Crippen LogP contribution in [0.2, 0.25) is 0 Å². The van der Waals surface area contributed by atoms with Gasteiger partial charge in [0.1, 0.15) is 5.78 Å². The summed E-state index contributed by atoms with van der Waals surface area (Å²) in [7, 11) is 0. The van der Waals surface area contributed by atoms with Crippen molar-refractivity contribution in [2.75, 3.05) is 0 Å². The summed E-state index contributed by atoms with van der Waals surface area (Å²) in [5, 5.41) is 26.7. The van der Waals surface area contributed by atoms with Gasteiger partial charge in [-0.05, 0) is 34.6 Å². The molecule has 17 heavy (non-hydrogen) atoms. The summed E-state index contributed by atoms with van der Waals surface area (Å²) in [5.41, 5.74) is 0. The molecule has 1 radical (unpaired) electrons. The third kappa shape index (κ3) is 1210. The minimum absolute atomic E-state index is 0. The van der Waals surface area contributed by atoms with E-state index < -0.39 is 17.9 Å². The van der Waals surface area contributed by atoms with Gasteiger partial charge in [-0.2, -0.15) is 0 Å². The number of carbonyl (C=O) groups excluding carboxylic acids is 4. The van der Waals surface area contributed by atoms with E-state index in [0.29, 0.717) is 0 Å². The maximum atomic E-state index is 9.44. The Labute approximate surface area is 111 Å². The number of hydrogen-bond donors (Lipinski definition) is 0. The smallest absolute Gasteiger partial charge is 0.550 e. The Morgan fingerprint density at radius 1 is 0.588 bits per heavy atom. The van der Waals surface area contributed by atoms with Gasteiger partial charge in [-0.15, -0.1) is 0 Å². The molecule has 0 saturated heterocycles. The molecule has 0 aliphatic heterocycles. The van der Waals surface area contributed by atoms with Gasteiger partial charge >= 0.3 is 17.4 Å². The van der Waals surface area contributed by atoms with Crippen LogP contribution < -0.4 is 15.3 Å². The van der Waals surface area contributed by atoms with E-state index >= 15 is 0 Å². The van der Waals surface area contributed by atoms with Crippen LogP contribution >= 0.6 is 0 Å². The molecule has 0 aliphatic carbocycles. The number of carboxylic acid groups (broad SMARTS) is 3. The molecular weight excluding hydrogens is 272 g/mol. The zero-order valence-corrected chi connectivity index (χ0v) is 11.5. The molecule has 7 nitrogen and oxygen atoms in total. The van der Waals surface area contributed by atoms with Gasteiger partial charge in [0, 0.05) is 17.9 Å². The monoisotopic (exact) mass is 287 g/mol. The van der Waals surface area contributed by atoms with E-state index in [9.17, 15) is 4.79 Å². The van der Waals surface area contributed by atoms with E-state index in [1.165, 1.54) is 13.8 Å². The van der Waals surface area contributed by atoms with Crippen molar-refractivity contribution in [3.63, 3.8) is 0 Å². The predicted octanol–water partition coefficient (Wildman–Crippen LogP) is -3.14. The van der Waals surface area contributed by atoms with Crippen LogP contribution in [0.25, 0.3) is 0 Å². The van der Waals surface area contributed by atoms with Gasteiger partial charge in [0.05, 0.1) is 0 Å². The van der Waals surface area contributed by atoms with Crippen molar-refractivity contribution in [2.45, 2.75) is 34.6 Å². The summed E-state index contributed by atoms with van der Waals surface area (Å²) in [5.74, 6) is -3.08. The number of aliphatic carboxylic acids is 3. The topological polar surface area (TPSA) is 137 Å². The summed E-state index contributed by atoms with van der Waals surface area (Å²) in [6.07, 6.45) is 0. The molecule has 8 heteroatoms. The van der Waals surface area contributed by atoms with Gasteiger partial charge in [-0.3, -0.25) is 0 Å². The average Bonchev–Trinajstić information content (AvgIpc) is 1.76. The molecule has 0 atom stereocenters. The molecule has 0 bridgehead atoms. The van der Waals surface area contributed by atoms with E-state index in [1.54, 1.807) is 0 Å². The van der Waals surface area contributed by atoms with Gasteiger partial charge in [-0.1, -0.05) is 0 Å². The first-order chi connectivity index (χ1) is 6.93. The van der Waals surface area contributed by atoms with Crippen molar-refractivity contribution < 1.29 is 51.9 Å². The fourth-order valence-corrected chi connectivity index (χ4v) is 0. The molecule has 0 amide bonds. The van der Waals surface area contributed by atoms with Crippen molar-refractivity contribution in [1.82, 2.24) is 0 Å². The van der Waals surface area contributed by atoms with Crippen molar-refractivity contribution >= 4 is 23.7 Å². The van der Waals surface area contributed by atoms with Gasteiger partial charge in [0.25, 0.3) is 0 Å². The van der Waals surface area contributed by atoms with Crippen LogP contribution in [0.1, 0.15) is 34.6 Å². The molecular formula is C9H15CrO7. The summed E-state index contributed by atoms with van der Waals surface area (Å²) < 4.78 is 0. The van der Waals surface area contributed by atoms with Crippen LogP contribution in [0.4, 0.5) is 0 Å². The first kappa shape index (κ1) is 29.6. The Hall–Kier alpha value is -1.39. The predicted molar refractivity (Wildman–Crippen MR) is 48.4 cm³/mol. The third-order valence-electron chi connectivity index (χ3n) is 0. The van der Waals surface area contributed by atoms with E-state index in [1.807, 2.05) is 0 Å². The summed E-state index contributed by atoms with van der Waals surface area (Å²) in [6, 6.07) is 0. The number of rotatable bonds is 0. The number of Topliss-reactive ketones (excluding diaryl/α,β-unsaturated/α-hetero) is 1. The maximum absolute atomic E-state index is 9.44. The summed E-state index contributed by atoms with van der Waals surface area (Å²) >= 11 is 0. The Kier molecular flexibility index (Phi) is 41.9. The molecule has 0 heterocycles. The zero-order chi connectivity index (χ0) is 14.3.